The predicted octanol–water partition coefficient (Wildman–Crippen LogP) is 4.77. The van der Waals surface area contributed by atoms with Crippen molar-refractivity contribution in [1.82, 2.24) is 0 Å². The van der Waals surface area contributed by atoms with E-state index in [1.54, 1.807) is 0 Å². The Morgan fingerprint density at radius 1 is 1.17 bits per heavy atom. The highest BCUT2D eigenvalue weighted by Gasteiger charge is 2.60. The molecule has 3 fully saturated rings. The van der Waals surface area contributed by atoms with Crippen LogP contribution < -0.4 is 0 Å². The molecule has 4 aliphatic rings. The summed E-state index contributed by atoms with van der Waals surface area (Å²) >= 11 is 0. The normalized spacial score (nSPS) is 42.0. The molecule has 168 valence electrons. The first-order valence-electron chi connectivity index (χ1n) is 11.7. The van der Waals surface area contributed by atoms with E-state index >= 15 is 0 Å². The van der Waals surface area contributed by atoms with E-state index in [9.17, 15) is 14.7 Å². The minimum Gasteiger partial charge on any atom is -0.460 e. The maximum Gasteiger partial charge on any atom is 0.314 e. The quantitative estimate of drug-likeness (QED) is 0.654. The molecule has 4 rings (SSSR count). The van der Waals surface area contributed by atoms with Gasteiger partial charge in [-0.05, 0) is 88.0 Å². The first-order valence-corrected chi connectivity index (χ1v) is 11.7. The average Bonchev–Trinajstić information content (AvgIpc) is 2.98. The highest BCUT2D eigenvalue weighted by molar-refractivity contribution is 5.77. The molecule has 0 spiro atoms. The standard InChI is InChI=1S/C25H38O5/c1-14(21(27)30-23(2,3)4)16-7-8-17-20-18(10-12-24(16,17)5)25(6)11-9-15(26)13-19(25)22(28)29-20/h14-16,18-19,26H,7-13H2,1-6H3/t14-,15-,16+,18-,19+,24+,25+/m0/s1. The number of hydrogen-bond acceptors (Lipinski definition) is 5. The molecule has 0 bridgehead atoms. The number of carbonyl (C=O) groups is 2. The average molecular weight is 419 g/mol. The summed E-state index contributed by atoms with van der Waals surface area (Å²) in [7, 11) is 0. The second-order valence-corrected chi connectivity index (χ2v) is 11.7. The van der Waals surface area contributed by atoms with Crippen molar-refractivity contribution in [2.75, 3.05) is 0 Å². The van der Waals surface area contributed by atoms with Crippen molar-refractivity contribution in [3.8, 4) is 0 Å². The maximum atomic E-state index is 13.0. The van der Waals surface area contributed by atoms with Crippen molar-refractivity contribution in [2.24, 2.45) is 34.5 Å². The van der Waals surface area contributed by atoms with E-state index in [0.29, 0.717) is 6.42 Å². The number of aliphatic hydroxyl groups is 1. The van der Waals surface area contributed by atoms with Crippen LogP contribution in [-0.4, -0.2) is 28.8 Å². The van der Waals surface area contributed by atoms with Gasteiger partial charge in [-0.2, -0.15) is 0 Å². The zero-order valence-corrected chi connectivity index (χ0v) is 19.4. The van der Waals surface area contributed by atoms with Crippen molar-refractivity contribution >= 4 is 11.9 Å². The molecule has 0 aromatic carbocycles. The number of carbonyl (C=O) groups excluding carboxylic acids is 2. The van der Waals surface area contributed by atoms with Gasteiger partial charge in [0, 0.05) is 5.92 Å². The van der Waals surface area contributed by atoms with E-state index < -0.39 is 11.7 Å². The third-order valence-electron chi connectivity index (χ3n) is 8.77. The van der Waals surface area contributed by atoms with Gasteiger partial charge in [0.15, 0.2) is 0 Å². The van der Waals surface area contributed by atoms with Gasteiger partial charge in [-0.15, -0.1) is 0 Å². The fourth-order valence-electron chi connectivity index (χ4n) is 7.05. The van der Waals surface area contributed by atoms with Crippen LogP contribution in [-0.2, 0) is 19.1 Å². The van der Waals surface area contributed by atoms with Gasteiger partial charge in [0.1, 0.15) is 11.4 Å². The monoisotopic (exact) mass is 418 g/mol. The summed E-state index contributed by atoms with van der Waals surface area (Å²) in [4.78, 5) is 25.8. The Bertz CT molecular complexity index is 777. The van der Waals surface area contributed by atoms with Gasteiger partial charge >= 0.3 is 11.9 Å². The lowest BCUT2D eigenvalue weighted by molar-refractivity contribution is -0.171. The van der Waals surface area contributed by atoms with Gasteiger partial charge in [0.05, 0.1) is 17.9 Å². The first kappa shape index (κ1) is 21.9. The Morgan fingerprint density at radius 2 is 1.87 bits per heavy atom. The molecule has 1 saturated heterocycles. The lowest BCUT2D eigenvalue weighted by Crippen LogP contribution is -2.53. The zero-order valence-electron chi connectivity index (χ0n) is 19.4. The zero-order chi connectivity index (χ0) is 22.1. The molecule has 1 N–H and O–H groups in total. The Labute approximate surface area is 180 Å². The maximum absolute atomic E-state index is 13.0. The van der Waals surface area contributed by atoms with Crippen molar-refractivity contribution in [3.05, 3.63) is 11.3 Å². The van der Waals surface area contributed by atoms with Crippen molar-refractivity contribution < 1.29 is 24.2 Å². The van der Waals surface area contributed by atoms with Crippen LogP contribution in [0.2, 0.25) is 0 Å². The van der Waals surface area contributed by atoms with E-state index in [0.717, 1.165) is 44.3 Å². The molecule has 1 heterocycles. The number of hydrogen-bond donors (Lipinski definition) is 1. The lowest BCUT2D eigenvalue weighted by atomic mass is 9.53. The van der Waals surface area contributed by atoms with Crippen LogP contribution in [0.25, 0.3) is 0 Å². The molecule has 0 unspecified atom stereocenters. The molecule has 0 radical (unpaired) electrons. The molecule has 5 nitrogen and oxygen atoms in total. The van der Waals surface area contributed by atoms with Gasteiger partial charge in [0.25, 0.3) is 0 Å². The summed E-state index contributed by atoms with van der Waals surface area (Å²) in [6, 6.07) is 0. The Kier molecular flexibility index (Phi) is 5.16. The molecular formula is C25H38O5. The van der Waals surface area contributed by atoms with Gasteiger partial charge in [-0.25, -0.2) is 0 Å². The Hall–Kier alpha value is -1.36. The summed E-state index contributed by atoms with van der Waals surface area (Å²) in [6.07, 6.45) is 5.54. The van der Waals surface area contributed by atoms with Gasteiger partial charge in [0.2, 0.25) is 0 Å². The third kappa shape index (κ3) is 3.32. The summed E-state index contributed by atoms with van der Waals surface area (Å²) in [5.74, 6) is 0.662. The SMILES string of the molecule is C[C@H](C(=O)OC(C)(C)C)[C@H]1CCC2=C3OC(=O)[C@H]4C[C@@H](O)CC[C@]4(C)[C@H]3CC[C@@]21C. The van der Waals surface area contributed by atoms with Gasteiger partial charge < -0.3 is 14.6 Å². The molecule has 7 atom stereocenters. The fraction of sp³-hybridized carbons (Fsp3) is 0.840. The molecule has 0 amide bonds. The Morgan fingerprint density at radius 3 is 2.53 bits per heavy atom. The summed E-state index contributed by atoms with van der Waals surface area (Å²) in [5, 5.41) is 10.1. The van der Waals surface area contributed by atoms with Crippen LogP contribution in [0.3, 0.4) is 0 Å². The molecule has 0 aromatic heterocycles. The minimum atomic E-state index is -0.488. The van der Waals surface area contributed by atoms with E-state index in [1.807, 2.05) is 27.7 Å². The smallest absolute Gasteiger partial charge is 0.314 e. The lowest BCUT2D eigenvalue weighted by Gasteiger charge is -2.54. The topological polar surface area (TPSA) is 72.8 Å². The highest BCUT2D eigenvalue weighted by Crippen LogP contribution is 2.64. The summed E-state index contributed by atoms with van der Waals surface area (Å²) < 4.78 is 11.7. The third-order valence-corrected chi connectivity index (χ3v) is 8.77. The number of rotatable bonds is 2. The molecule has 0 aromatic rings. The van der Waals surface area contributed by atoms with Crippen LogP contribution in [0, 0.1) is 34.5 Å². The van der Waals surface area contributed by atoms with Gasteiger partial charge in [-0.1, -0.05) is 20.8 Å². The number of aliphatic hydroxyl groups excluding tert-OH is 1. The fourth-order valence-corrected chi connectivity index (χ4v) is 7.05. The largest absolute Gasteiger partial charge is 0.460 e. The molecule has 30 heavy (non-hydrogen) atoms. The van der Waals surface area contributed by atoms with Crippen LogP contribution in [0.5, 0.6) is 0 Å². The second-order valence-electron chi connectivity index (χ2n) is 11.7. The summed E-state index contributed by atoms with van der Waals surface area (Å²) in [6.45, 7) is 12.2. The number of allylic oxidation sites excluding steroid dienone is 2. The molecular weight excluding hydrogens is 380 g/mol. The second kappa shape index (κ2) is 7.08. The Balaban J connectivity index is 1.64. The minimum absolute atomic E-state index is 0.125. The first-order chi connectivity index (χ1) is 13.9. The van der Waals surface area contributed by atoms with E-state index in [4.69, 9.17) is 9.47 Å². The number of fused-ring (bicyclic) bond motifs is 4. The van der Waals surface area contributed by atoms with Crippen LogP contribution in [0.15, 0.2) is 11.3 Å². The van der Waals surface area contributed by atoms with E-state index in [2.05, 4.69) is 13.8 Å². The van der Waals surface area contributed by atoms with Gasteiger partial charge in [-0.3, -0.25) is 9.59 Å². The molecule has 2 saturated carbocycles. The van der Waals surface area contributed by atoms with E-state index in [1.165, 1.54) is 5.57 Å². The van der Waals surface area contributed by atoms with Crippen molar-refractivity contribution in [1.29, 1.82) is 0 Å². The van der Waals surface area contributed by atoms with Crippen LogP contribution in [0.4, 0.5) is 0 Å². The summed E-state index contributed by atoms with van der Waals surface area (Å²) in [5.41, 5.74) is 0.517. The van der Waals surface area contributed by atoms with Crippen LogP contribution in [0.1, 0.15) is 86.5 Å². The van der Waals surface area contributed by atoms with Crippen LogP contribution >= 0.6 is 0 Å². The number of ether oxygens (including phenoxy) is 2. The molecule has 1 aliphatic heterocycles. The highest BCUT2D eigenvalue weighted by atomic mass is 16.6. The molecule has 5 heteroatoms. The molecule has 3 aliphatic carbocycles. The van der Waals surface area contributed by atoms with Crippen molar-refractivity contribution in [2.45, 2.75) is 98.2 Å². The van der Waals surface area contributed by atoms with Crippen molar-refractivity contribution in [3.63, 3.8) is 0 Å². The number of esters is 2. The van der Waals surface area contributed by atoms with E-state index in [-0.39, 0.29) is 46.4 Å². The predicted molar refractivity (Wildman–Crippen MR) is 113 cm³/mol.